The molecule has 4 heteroatoms. The largest absolute Gasteiger partial charge is 0.357 e. The van der Waals surface area contributed by atoms with E-state index in [4.69, 9.17) is 4.98 Å². The number of benzene rings is 1. The lowest BCUT2D eigenvalue weighted by molar-refractivity contribution is 0.612. The van der Waals surface area contributed by atoms with Gasteiger partial charge in [0.2, 0.25) is 5.95 Å². The van der Waals surface area contributed by atoms with Gasteiger partial charge >= 0.3 is 0 Å². The van der Waals surface area contributed by atoms with Crippen LogP contribution in [0.2, 0.25) is 0 Å². The lowest BCUT2D eigenvalue weighted by atomic mass is 10.1. The smallest absolute Gasteiger partial charge is 0.224 e. The summed E-state index contributed by atoms with van der Waals surface area (Å²) in [6, 6.07) is 8.83. The Morgan fingerprint density at radius 2 is 2.00 bits per heavy atom. The molecule has 0 radical (unpaired) electrons. The zero-order valence-corrected chi connectivity index (χ0v) is 12.3. The van der Waals surface area contributed by atoms with Crippen LogP contribution in [-0.2, 0) is 0 Å². The number of para-hydroxylation sites is 1. The van der Waals surface area contributed by atoms with E-state index in [1.165, 1.54) is 25.7 Å². The van der Waals surface area contributed by atoms with Crippen molar-refractivity contribution in [2.45, 2.75) is 38.6 Å². The molecule has 20 heavy (non-hydrogen) atoms. The minimum atomic E-state index is 0.542. The molecular weight excluding hydrogens is 248 g/mol. The molecule has 0 saturated carbocycles. The summed E-state index contributed by atoms with van der Waals surface area (Å²) >= 11 is 0. The van der Waals surface area contributed by atoms with Crippen LogP contribution in [-0.4, -0.2) is 29.6 Å². The van der Waals surface area contributed by atoms with Crippen LogP contribution in [0.25, 0.3) is 10.9 Å². The number of hydrogen-bond donors (Lipinski definition) is 1. The maximum absolute atomic E-state index is 4.74. The first-order valence-corrected chi connectivity index (χ1v) is 7.51. The van der Waals surface area contributed by atoms with Gasteiger partial charge < -0.3 is 10.2 Å². The van der Waals surface area contributed by atoms with Gasteiger partial charge in [-0.05, 0) is 31.9 Å². The molecule has 1 aromatic carbocycles. The summed E-state index contributed by atoms with van der Waals surface area (Å²) in [5.74, 6) is 1.78. The van der Waals surface area contributed by atoms with Gasteiger partial charge in [-0.3, -0.25) is 0 Å². The molecule has 1 saturated heterocycles. The van der Waals surface area contributed by atoms with Crippen molar-refractivity contribution in [3.63, 3.8) is 0 Å². The summed E-state index contributed by atoms with van der Waals surface area (Å²) < 4.78 is 0. The van der Waals surface area contributed by atoms with E-state index in [1.807, 2.05) is 13.1 Å². The topological polar surface area (TPSA) is 41.1 Å². The maximum atomic E-state index is 4.74. The van der Waals surface area contributed by atoms with Crippen molar-refractivity contribution in [1.82, 2.24) is 9.97 Å². The molecule has 3 rings (SSSR count). The first-order valence-electron chi connectivity index (χ1n) is 7.51. The van der Waals surface area contributed by atoms with E-state index in [0.29, 0.717) is 12.0 Å². The first kappa shape index (κ1) is 13.2. The van der Waals surface area contributed by atoms with Gasteiger partial charge in [0.15, 0.2) is 0 Å². The number of aromatic nitrogens is 2. The Bertz CT molecular complexity index is 596. The van der Waals surface area contributed by atoms with Crippen molar-refractivity contribution in [1.29, 1.82) is 0 Å². The fraction of sp³-hybridized carbons (Fsp3) is 0.500. The first-order chi connectivity index (χ1) is 9.79. The highest BCUT2D eigenvalue weighted by molar-refractivity contribution is 5.90. The number of nitrogens with one attached hydrogen (secondary N) is 1. The highest BCUT2D eigenvalue weighted by Crippen LogP contribution is 2.29. The lowest BCUT2D eigenvalue weighted by Gasteiger charge is -2.29. The summed E-state index contributed by atoms with van der Waals surface area (Å²) in [6.07, 6.45) is 5.13. The van der Waals surface area contributed by atoms with Crippen LogP contribution < -0.4 is 10.2 Å². The van der Waals surface area contributed by atoms with Crippen molar-refractivity contribution < 1.29 is 0 Å². The van der Waals surface area contributed by atoms with Gasteiger partial charge in [0.25, 0.3) is 0 Å². The molecule has 1 aliphatic heterocycles. The SMILES string of the molecule is CNc1nc(N2CCCCCC2C)c2ccccc2n1. The zero-order valence-electron chi connectivity index (χ0n) is 12.3. The third kappa shape index (κ3) is 2.42. The van der Waals surface area contributed by atoms with Gasteiger partial charge in [-0.1, -0.05) is 25.0 Å². The third-order valence-corrected chi connectivity index (χ3v) is 4.13. The standard InChI is InChI=1S/C16H22N4/c1-12-8-4-3-7-11-20(12)15-13-9-5-6-10-14(13)18-16(17-2)19-15/h5-6,9-10,12H,3-4,7-8,11H2,1-2H3,(H,17,18,19). The van der Waals surface area contributed by atoms with Crippen LogP contribution in [0.4, 0.5) is 11.8 Å². The fourth-order valence-electron chi connectivity index (χ4n) is 2.98. The van der Waals surface area contributed by atoms with Crippen molar-refractivity contribution in [3.8, 4) is 0 Å². The Hall–Kier alpha value is -1.84. The van der Waals surface area contributed by atoms with Gasteiger partial charge in [-0.25, -0.2) is 4.98 Å². The van der Waals surface area contributed by atoms with E-state index in [0.717, 1.165) is 23.3 Å². The molecule has 1 unspecified atom stereocenters. The van der Waals surface area contributed by atoms with Crippen molar-refractivity contribution in [3.05, 3.63) is 24.3 Å². The van der Waals surface area contributed by atoms with Crippen LogP contribution in [0.5, 0.6) is 0 Å². The molecule has 2 heterocycles. The second kappa shape index (κ2) is 5.65. The molecule has 1 fully saturated rings. The number of nitrogens with zero attached hydrogens (tertiary/aromatic N) is 3. The summed E-state index contributed by atoms with van der Waals surface area (Å²) in [5, 5.41) is 4.23. The highest BCUT2D eigenvalue weighted by Gasteiger charge is 2.21. The van der Waals surface area contributed by atoms with Crippen LogP contribution in [0.15, 0.2) is 24.3 Å². The van der Waals surface area contributed by atoms with Crippen molar-refractivity contribution >= 4 is 22.7 Å². The van der Waals surface area contributed by atoms with E-state index >= 15 is 0 Å². The van der Waals surface area contributed by atoms with Gasteiger partial charge in [0.1, 0.15) is 5.82 Å². The van der Waals surface area contributed by atoms with E-state index in [9.17, 15) is 0 Å². The Morgan fingerprint density at radius 1 is 1.15 bits per heavy atom. The molecular formula is C16H22N4. The number of rotatable bonds is 2. The molecule has 4 nitrogen and oxygen atoms in total. The zero-order chi connectivity index (χ0) is 13.9. The summed E-state index contributed by atoms with van der Waals surface area (Å²) in [7, 11) is 1.87. The molecule has 0 aliphatic carbocycles. The predicted octanol–water partition coefficient (Wildman–Crippen LogP) is 3.44. The van der Waals surface area contributed by atoms with Gasteiger partial charge in [-0.2, -0.15) is 4.98 Å². The molecule has 1 N–H and O–H groups in total. The Balaban J connectivity index is 2.12. The molecule has 1 aromatic heterocycles. The Kier molecular flexibility index (Phi) is 3.72. The predicted molar refractivity (Wildman–Crippen MR) is 84.4 cm³/mol. The minimum Gasteiger partial charge on any atom is -0.357 e. The summed E-state index contributed by atoms with van der Waals surface area (Å²) in [5.41, 5.74) is 1.01. The molecule has 1 aliphatic rings. The van der Waals surface area contributed by atoms with E-state index in [1.54, 1.807) is 0 Å². The summed E-state index contributed by atoms with van der Waals surface area (Å²) in [6.45, 7) is 3.40. The molecule has 0 bridgehead atoms. The average Bonchev–Trinajstić information content (AvgIpc) is 2.70. The molecule has 2 aromatic rings. The normalized spacial score (nSPS) is 19.9. The highest BCUT2D eigenvalue weighted by atomic mass is 15.2. The number of fused-ring (bicyclic) bond motifs is 1. The van der Waals surface area contributed by atoms with Crippen LogP contribution >= 0.6 is 0 Å². The van der Waals surface area contributed by atoms with E-state index < -0.39 is 0 Å². The lowest BCUT2D eigenvalue weighted by Crippen LogP contribution is -2.33. The van der Waals surface area contributed by atoms with Crippen LogP contribution in [0, 0.1) is 0 Å². The quantitative estimate of drug-likeness (QED) is 0.907. The average molecular weight is 270 g/mol. The fourth-order valence-corrected chi connectivity index (χ4v) is 2.98. The molecule has 1 atom stereocenters. The number of hydrogen-bond acceptors (Lipinski definition) is 4. The number of anilines is 2. The molecule has 0 amide bonds. The van der Waals surface area contributed by atoms with Crippen LogP contribution in [0.3, 0.4) is 0 Å². The van der Waals surface area contributed by atoms with Crippen LogP contribution in [0.1, 0.15) is 32.6 Å². The van der Waals surface area contributed by atoms with Gasteiger partial charge in [0.05, 0.1) is 5.52 Å². The summed E-state index contributed by atoms with van der Waals surface area (Å²) in [4.78, 5) is 11.7. The second-order valence-corrected chi connectivity index (χ2v) is 5.53. The minimum absolute atomic E-state index is 0.542. The Labute approximate surface area is 120 Å². The van der Waals surface area contributed by atoms with Gasteiger partial charge in [0, 0.05) is 25.0 Å². The Morgan fingerprint density at radius 3 is 2.85 bits per heavy atom. The molecule has 106 valence electrons. The van der Waals surface area contributed by atoms with Gasteiger partial charge in [-0.15, -0.1) is 0 Å². The molecule has 0 spiro atoms. The monoisotopic (exact) mass is 270 g/mol. The van der Waals surface area contributed by atoms with E-state index in [2.05, 4.69) is 40.3 Å². The van der Waals surface area contributed by atoms with Crippen molar-refractivity contribution in [2.24, 2.45) is 0 Å². The van der Waals surface area contributed by atoms with Crippen molar-refractivity contribution in [2.75, 3.05) is 23.8 Å². The maximum Gasteiger partial charge on any atom is 0.224 e. The van der Waals surface area contributed by atoms with E-state index in [-0.39, 0.29) is 0 Å². The third-order valence-electron chi connectivity index (χ3n) is 4.13. The second-order valence-electron chi connectivity index (χ2n) is 5.53.